The number of carbonyl (C=O) groups is 1. The number of fused-ring (bicyclic) bond motifs is 1. The van der Waals surface area contributed by atoms with E-state index in [1.165, 1.54) is 0 Å². The van der Waals surface area contributed by atoms with Gasteiger partial charge in [0.25, 0.3) is 5.91 Å². The van der Waals surface area contributed by atoms with Crippen molar-refractivity contribution < 1.29 is 9.21 Å². The molecule has 3 heterocycles. The van der Waals surface area contributed by atoms with E-state index in [1.54, 1.807) is 35.6 Å². The first kappa shape index (κ1) is 18.2. The van der Waals surface area contributed by atoms with Gasteiger partial charge in [-0.1, -0.05) is 24.3 Å². The van der Waals surface area contributed by atoms with E-state index >= 15 is 0 Å². The fourth-order valence-electron chi connectivity index (χ4n) is 3.25. The Hall–Kier alpha value is -3.19. The topological polar surface area (TPSA) is 77.1 Å². The lowest BCUT2D eigenvalue weighted by molar-refractivity contribution is 0.0945. The molecule has 1 aromatic carbocycles. The molecule has 0 radical (unpaired) electrons. The number of hydrogen-bond donors (Lipinski definition) is 1. The Bertz CT molecular complexity index is 1190. The Labute approximate surface area is 165 Å². The molecule has 4 aromatic rings. The number of aryl methyl sites for hydroxylation is 2. The van der Waals surface area contributed by atoms with Crippen LogP contribution in [-0.2, 0) is 0 Å². The average Bonchev–Trinajstić information content (AvgIpc) is 3.31. The highest BCUT2D eigenvalue weighted by Gasteiger charge is 2.21. The van der Waals surface area contributed by atoms with Crippen molar-refractivity contribution >= 4 is 28.2 Å². The van der Waals surface area contributed by atoms with Crippen molar-refractivity contribution in [3.63, 3.8) is 0 Å². The van der Waals surface area contributed by atoms with Crippen molar-refractivity contribution in [3.8, 4) is 0 Å². The quantitative estimate of drug-likeness (QED) is 0.525. The highest BCUT2D eigenvalue weighted by atomic mass is 32.1. The molecule has 0 saturated heterocycles. The van der Waals surface area contributed by atoms with E-state index in [0.29, 0.717) is 17.5 Å². The normalized spacial score (nSPS) is 12.2. The fraction of sp³-hybridized carbons (Fsp3) is 0.190. The summed E-state index contributed by atoms with van der Waals surface area (Å²) < 4.78 is 7.18. The summed E-state index contributed by atoms with van der Waals surface area (Å²) in [6.45, 7) is 4.24. The fourth-order valence-corrected chi connectivity index (χ4v) is 4.07. The van der Waals surface area contributed by atoms with Gasteiger partial charge in [0, 0.05) is 22.5 Å². The molecule has 28 heavy (non-hydrogen) atoms. The molecule has 3 aromatic heterocycles. The van der Waals surface area contributed by atoms with Crippen LogP contribution < -0.4 is 10.9 Å². The minimum atomic E-state index is -0.644. The van der Waals surface area contributed by atoms with Gasteiger partial charge in [-0.05, 0) is 43.5 Å². The van der Waals surface area contributed by atoms with Crippen LogP contribution in [-0.4, -0.2) is 22.2 Å². The number of amides is 1. The van der Waals surface area contributed by atoms with Crippen LogP contribution in [0.2, 0.25) is 0 Å². The Kier molecular flexibility index (Phi) is 4.83. The van der Waals surface area contributed by atoms with Gasteiger partial charge >= 0.3 is 5.63 Å². The largest absolute Gasteiger partial charge is 0.422 e. The van der Waals surface area contributed by atoms with Crippen LogP contribution in [0.5, 0.6) is 0 Å². The number of thiophene rings is 1. The molecule has 6 nitrogen and oxygen atoms in total. The smallest absolute Gasteiger partial charge is 0.349 e. The number of carbonyl (C=O) groups excluding carboxylic acids is 1. The molecule has 4 rings (SSSR count). The van der Waals surface area contributed by atoms with Gasteiger partial charge in [0.05, 0.1) is 5.69 Å². The summed E-state index contributed by atoms with van der Waals surface area (Å²) in [6.07, 6.45) is 0. The number of hydrogen-bond acceptors (Lipinski definition) is 5. The third kappa shape index (κ3) is 3.48. The predicted molar refractivity (Wildman–Crippen MR) is 109 cm³/mol. The molecule has 7 heteroatoms. The first-order valence-electron chi connectivity index (χ1n) is 8.90. The van der Waals surface area contributed by atoms with Crippen LogP contribution in [0.1, 0.15) is 32.7 Å². The zero-order valence-corrected chi connectivity index (χ0v) is 16.3. The number of rotatable bonds is 5. The van der Waals surface area contributed by atoms with Crippen molar-refractivity contribution in [2.75, 3.05) is 6.54 Å². The highest BCUT2D eigenvalue weighted by Crippen LogP contribution is 2.24. The summed E-state index contributed by atoms with van der Waals surface area (Å²) >= 11 is 1.60. The Morgan fingerprint density at radius 1 is 1.21 bits per heavy atom. The minimum absolute atomic E-state index is 0.00278. The predicted octanol–water partition coefficient (Wildman–Crippen LogP) is 3.69. The summed E-state index contributed by atoms with van der Waals surface area (Å²) in [4.78, 5) is 26.0. The summed E-state index contributed by atoms with van der Waals surface area (Å²) in [5, 5.41) is 10.1. The van der Waals surface area contributed by atoms with E-state index in [9.17, 15) is 9.59 Å². The van der Waals surface area contributed by atoms with Gasteiger partial charge in [0.15, 0.2) is 0 Å². The maximum absolute atomic E-state index is 12.7. The third-order valence-corrected chi connectivity index (χ3v) is 5.53. The van der Waals surface area contributed by atoms with Crippen LogP contribution in [0.15, 0.2) is 63.1 Å². The molecule has 0 aliphatic carbocycles. The first-order chi connectivity index (χ1) is 13.5. The van der Waals surface area contributed by atoms with E-state index in [2.05, 4.69) is 10.4 Å². The monoisotopic (exact) mass is 393 g/mol. The second-order valence-corrected chi connectivity index (χ2v) is 7.58. The van der Waals surface area contributed by atoms with Gasteiger partial charge in [-0.2, -0.15) is 5.10 Å². The Balaban J connectivity index is 1.61. The lowest BCUT2D eigenvalue weighted by Crippen LogP contribution is -2.34. The minimum Gasteiger partial charge on any atom is -0.422 e. The highest BCUT2D eigenvalue weighted by molar-refractivity contribution is 7.10. The molecule has 0 fully saturated rings. The van der Waals surface area contributed by atoms with Crippen molar-refractivity contribution in [1.29, 1.82) is 0 Å². The molecule has 1 amide bonds. The van der Waals surface area contributed by atoms with E-state index in [0.717, 1.165) is 16.3 Å². The van der Waals surface area contributed by atoms with Gasteiger partial charge < -0.3 is 9.73 Å². The van der Waals surface area contributed by atoms with Crippen LogP contribution in [0.4, 0.5) is 0 Å². The van der Waals surface area contributed by atoms with E-state index in [1.807, 2.05) is 48.2 Å². The van der Waals surface area contributed by atoms with Crippen LogP contribution in [0.25, 0.3) is 11.0 Å². The number of benzene rings is 1. The number of para-hydroxylation sites is 1. The summed E-state index contributed by atoms with van der Waals surface area (Å²) in [5.74, 6) is -0.456. The summed E-state index contributed by atoms with van der Waals surface area (Å²) in [6, 6.07) is 14.5. The Morgan fingerprint density at radius 3 is 2.75 bits per heavy atom. The lowest BCUT2D eigenvalue weighted by atomic mass is 10.1. The number of nitrogens with one attached hydrogen (secondary N) is 1. The van der Waals surface area contributed by atoms with E-state index < -0.39 is 11.5 Å². The molecular weight excluding hydrogens is 374 g/mol. The molecule has 142 valence electrons. The van der Waals surface area contributed by atoms with E-state index in [4.69, 9.17) is 4.42 Å². The van der Waals surface area contributed by atoms with Crippen LogP contribution in [0.3, 0.4) is 0 Å². The Morgan fingerprint density at radius 2 is 2.04 bits per heavy atom. The lowest BCUT2D eigenvalue weighted by Gasteiger charge is -2.18. The average molecular weight is 393 g/mol. The van der Waals surface area contributed by atoms with Gasteiger partial charge in [-0.25, -0.2) is 4.79 Å². The number of nitrogens with zero attached hydrogens (tertiary/aromatic N) is 2. The third-order valence-electron chi connectivity index (χ3n) is 4.55. The maximum atomic E-state index is 12.7. The second-order valence-electron chi connectivity index (χ2n) is 6.60. The molecule has 1 atom stereocenters. The summed E-state index contributed by atoms with van der Waals surface area (Å²) in [7, 11) is 0. The van der Waals surface area contributed by atoms with Crippen LogP contribution >= 0.6 is 11.3 Å². The van der Waals surface area contributed by atoms with Gasteiger partial charge in [0.1, 0.15) is 17.2 Å². The first-order valence-corrected chi connectivity index (χ1v) is 9.78. The van der Waals surface area contributed by atoms with Gasteiger partial charge in [-0.15, -0.1) is 11.3 Å². The summed E-state index contributed by atoms with van der Waals surface area (Å²) in [5.41, 5.74) is 1.74. The molecule has 0 saturated carbocycles. The molecule has 1 N–H and O–H groups in total. The molecule has 0 spiro atoms. The van der Waals surface area contributed by atoms with Crippen molar-refractivity contribution in [2.24, 2.45) is 0 Å². The second kappa shape index (κ2) is 7.44. The van der Waals surface area contributed by atoms with Crippen molar-refractivity contribution in [2.45, 2.75) is 19.9 Å². The zero-order valence-electron chi connectivity index (χ0n) is 15.5. The number of aromatic nitrogens is 2. The molecule has 0 bridgehead atoms. The standard InChI is InChI=1S/C21H19N3O3S/c1-13-10-14(2)24(23-13)17(19-8-5-9-28-19)12-22-20(25)16-11-15-6-3-4-7-18(15)27-21(16)26/h3-11,17H,12H2,1-2H3,(H,22,25)/t17-/m1/s1. The molecule has 0 aliphatic rings. The van der Waals surface area contributed by atoms with Crippen LogP contribution in [0, 0.1) is 13.8 Å². The molecular formula is C21H19N3O3S. The van der Waals surface area contributed by atoms with E-state index in [-0.39, 0.29) is 11.6 Å². The molecule has 0 unspecified atom stereocenters. The SMILES string of the molecule is Cc1cc(C)n([C@H](CNC(=O)c2cc3ccccc3oc2=O)c2cccs2)n1. The van der Waals surface area contributed by atoms with Crippen molar-refractivity contribution in [1.82, 2.24) is 15.1 Å². The zero-order chi connectivity index (χ0) is 19.7. The van der Waals surface area contributed by atoms with Crippen molar-refractivity contribution in [3.05, 3.63) is 86.2 Å². The van der Waals surface area contributed by atoms with Gasteiger partial charge in [-0.3, -0.25) is 9.48 Å². The maximum Gasteiger partial charge on any atom is 0.349 e. The molecule has 0 aliphatic heterocycles. The van der Waals surface area contributed by atoms with Gasteiger partial charge in [0.2, 0.25) is 0 Å².